The molecule has 1 aliphatic rings. The van der Waals surface area contributed by atoms with Crippen LogP contribution in [0.15, 0.2) is 30.3 Å². The van der Waals surface area contributed by atoms with E-state index in [1.54, 1.807) is 34.3 Å². The molecule has 0 amide bonds. The van der Waals surface area contributed by atoms with Crippen LogP contribution >= 0.6 is 0 Å². The van der Waals surface area contributed by atoms with Gasteiger partial charge in [-0.1, -0.05) is 13.0 Å². The van der Waals surface area contributed by atoms with E-state index in [1.165, 1.54) is 0 Å². The summed E-state index contributed by atoms with van der Waals surface area (Å²) in [7, 11) is 4.76. The van der Waals surface area contributed by atoms with Gasteiger partial charge < -0.3 is 29.2 Å². The first kappa shape index (κ1) is 19.3. The second-order valence-corrected chi connectivity index (χ2v) is 6.77. The van der Waals surface area contributed by atoms with Crippen molar-refractivity contribution in [2.24, 2.45) is 0 Å². The molecule has 0 bridgehead atoms. The van der Waals surface area contributed by atoms with Gasteiger partial charge in [0.1, 0.15) is 12.2 Å². The van der Waals surface area contributed by atoms with Gasteiger partial charge in [0.2, 0.25) is 0 Å². The standard InChI is InChI=1S/C21H26O6/c1-11-15-8-14(19(23)12(2)22)10-18(26-5)21(15)27-20(11)13-6-7-16(24-3)17(9-13)25-4/h6-12,19-20,22-23H,1-5H3/t11-,12-,19+,20-/m1/s1. The number of ether oxygens (including phenoxy) is 4. The fourth-order valence-corrected chi connectivity index (χ4v) is 3.49. The third kappa shape index (κ3) is 3.42. The van der Waals surface area contributed by atoms with E-state index in [9.17, 15) is 10.2 Å². The van der Waals surface area contributed by atoms with E-state index in [2.05, 4.69) is 6.92 Å². The summed E-state index contributed by atoms with van der Waals surface area (Å²) in [5.41, 5.74) is 2.49. The maximum absolute atomic E-state index is 10.3. The zero-order chi connectivity index (χ0) is 19.7. The van der Waals surface area contributed by atoms with E-state index in [-0.39, 0.29) is 12.0 Å². The van der Waals surface area contributed by atoms with Crippen LogP contribution in [0.5, 0.6) is 23.0 Å². The summed E-state index contributed by atoms with van der Waals surface area (Å²) < 4.78 is 22.4. The molecule has 0 radical (unpaired) electrons. The SMILES string of the molecule is COc1ccc([C@@H]2Oc3c(OC)cc([C@@H](O)[C@@H](C)O)cc3[C@H]2C)cc1OC. The summed E-state index contributed by atoms with van der Waals surface area (Å²) in [5, 5.41) is 20.0. The monoisotopic (exact) mass is 374 g/mol. The molecule has 2 N–H and O–H groups in total. The maximum Gasteiger partial charge on any atom is 0.165 e. The van der Waals surface area contributed by atoms with Crippen molar-refractivity contribution < 1.29 is 29.2 Å². The van der Waals surface area contributed by atoms with Crippen LogP contribution in [0.4, 0.5) is 0 Å². The molecule has 0 saturated heterocycles. The van der Waals surface area contributed by atoms with Crippen molar-refractivity contribution in [3.63, 3.8) is 0 Å². The molecule has 3 rings (SSSR count). The number of rotatable bonds is 6. The molecule has 1 heterocycles. The first-order valence-corrected chi connectivity index (χ1v) is 8.87. The van der Waals surface area contributed by atoms with Gasteiger partial charge in [0.05, 0.1) is 27.4 Å². The lowest BCUT2D eigenvalue weighted by Gasteiger charge is -2.18. The van der Waals surface area contributed by atoms with Crippen molar-refractivity contribution in [2.45, 2.75) is 38.1 Å². The Morgan fingerprint density at radius 2 is 1.59 bits per heavy atom. The van der Waals surface area contributed by atoms with Crippen molar-refractivity contribution in [1.82, 2.24) is 0 Å². The van der Waals surface area contributed by atoms with Crippen molar-refractivity contribution in [3.05, 3.63) is 47.0 Å². The van der Waals surface area contributed by atoms with Crippen LogP contribution in [0, 0.1) is 0 Å². The molecule has 0 aliphatic carbocycles. The first-order valence-electron chi connectivity index (χ1n) is 8.87. The summed E-state index contributed by atoms with van der Waals surface area (Å²) in [6.45, 7) is 3.61. The number of fused-ring (bicyclic) bond motifs is 1. The number of hydrogen-bond donors (Lipinski definition) is 2. The number of aliphatic hydroxyl groups is 2. The highest BCUT2D eigenvalue weighted by atomic mass is 16.5. The van der Waals surface area contributed by atoms with Crippen LogP contribution in [0.2, 0.25) is 0 Å². The maximum atomic E-state index is 10.3. The number of hydrogen-bond acceptors (Lipinski definition) is 6. The summed E-state index contributed by atoms with van der Waals surface area (Å²) in [4.78, 5) is 0. The average Bonchev–Trinajstić information content (AvgIpc) is 3.02. The van der Waals surface area contributed by atoms with Crippen molar-refractivity contribution in [2.75, 3.05) is 21.3 Å². The van der Waals surface area contributed by atoms with Gasteiger partial charge >= 0.3 is 0 Å². The normalized spacial score (nSPS) is 20.4. The Labute approximate surface area is 159 Å². The Morgan fingerprint density at radius 3 is 2.19 bits per heavy atom. The Hall–Kier alpha value is -2.44. The second kappa shape index (κ2) is 7.66. The van der Waals surface area contributed by atoms with Crippen LogP contribution in [0.25, 0.3) is 0 Å². The molecule has 27 heavy (non-hydrogen) atoms. The van der Waals surface area contributed by atoms with E-state index in [0.717, 1.165) is 11.1 Å². The Kier molecular flexibility index (Phi) is 5.48. The minimum atomic E-state index is -0.989. The van der Waals surface area contributed by atoms with Crippen LogP contribution in [0.3, 0.4) is 0 Å². The zero-order valence-corrected chi connectivity index (χ0v) is 16.2. The lowest BCUT2D eigenvalue weighted by molar-refractivity contribution is 0.0304. The number of aliphatic hydroxyl groups excluding tert-OH is 2. The van der Waals surface area contributed by atoms with E-state index in [0.29, 0.717) is 28.6 Å². The molecule has 4 atom stereocenters. The third-order valence-corrected chi connectivity index (χ3v) is 5.05. The number of benzene rings is 2. The Morgan fingerprint density at radius 1 is 0.926 bits per heavy atom. The van der Waals surface area contributed by atoms with Gasteiger partial charge in [-0.3, -0.25) is 0 Å². The van der Waals surface area contributed by atoms with Crippen LogP contribution in [-0.2, 0) is 0 Å². The van der Waals surface area contributed by atoms with Gasteiger partial charge in [-0.2, -0.15) is 0 Å². The highest BCUT2D eigenvalue weighted by molar-refractivity contribution is 5.56. The van der Waals surface area contributed by atoms with E-state index in [4.69, 9.17) is 18.9 Å². The summed E-state index contributed by atoms with van der Waals surface area (Å²) in [6.07, 6.45) is -2.10. The van der Waals surface area contributed by atoms with Gasteiger partial charge in [0.15, 0.2) is 23.0 Å². The van der Waals surface area contributed by atoms with Crippen molar-refractivity contribution in [1.29, 1.82) is 0 Å². The molecule has 0 fully saturated rings. The molecule has 0 unspecified atom stereocenters. The molecule has 0 aromatic heterocycles. The lowest BCUT2D eigenvalue weighted by Crippen LogP contribution is -2.14. The van der Waals surface area contributed by atoms with Gasteiger partial charge in [-0.05, 0) is 42.3 Å². The van der Waals surface area contributed by atoms with E-state index in [1.807, 2.05) is 24.3 Å². The summed E-state index contributed by atoms with van der Waals surface area (Å²) in [5.74, 6) is 2.51. The highest BCUT2D eigenvalue weighted by Crippen LogP contribution is 2.51. The fraction of sp³-hybridized carbons (Fsp3) is 0.429. The largest absolute Gasteiger partial charge is 0.493 e. The van der Waals surface area contributed by atoms with Gasteiger partial charge in [0.25, 0.3) is 0 Å². The van der Waals surface area contributed by atoms with Crippen LogP contribution in [-0.4, -0.2) is 37.6 Å². The van der Waals surface area contributed by atoms with Gasteiger partial charge in [0, 0.05) is 11.5 Å². The minimum absolute atomic E-state index is 0.0214. The summed E-state index contributed by atoms with van der Waals surface area (Å²) >= 11 is 0. The molecular formula is C21H26O6. The van der Waals surface area contributed by atoms with E-state index >= 15 is 0 Å². The fourth-order valence-electron chi connectivity index (χ4n) is 3.49. The van der Waals surface area contributed by atoms with Crippen molar-refractivity contribution in [3.8, 4) is 23.0 Å². The van der Waals surface area contributed by atoms with Crippen LogP contribution < -0.4 is 18.9 Å². The predicted molar refractivity (Wildman–Crippen MR) is 101 cm³/mol. The van der Waals surface area contributed by atoms with Crippen molar-refractivity contribution >= 4 is 0 Å². The Balaban J connectivity index is 2.01. The molecule has 0 spiro atoms. The first-order chi connectivity index (χ1) is 12.9. The molecule has 6 nitrogen and oxygen atoms in total. The van der Waals surface area contributed by atoms with Crippen LogP contribution in [0.1, 0.15) is 48.7 Å². The smallest absolute Gasteiger partial charge is 0.165 e. The quantitative estimate of drug-likeness (QED) is 0.807. The zero-order valence-electron chi connectivity index (χ0n) is 16.2. The second-order valence-electron chi connectivity index (χ2n) is 6.77. The minimum Gasteiger partial charge on any atom is -0.493 e. The molecule has 2 aromatic rings. The topological polar surface area (TPSA) is 77.4 Å². The van der Waals surface area contributed by atoms with Gasteiger partial charge in [-0.25, -0.2) is 0 Å². The highest BCUT2D eigenvalue weighted by Gasteiger charge is 2.36. The predicted octanol–water partition coefficient (Wildman–Crippen LogP) is 3.36. The molecule has 6 heteroatoms. The molecular weight excluding hydrogens is 348 g/mol. The van der Waals surface area contributed by atoms with E-state index < -0.39 is 12.2 Å². The Bertz CT molecular complexity index is 817. The van der Waals surface area contributed by atoms with Gasteiger partial charge in [-0.15, -0.1) is 0 Å². The molecule has 2 aromatic carbocycles. The molecule has 146 valence electrons. The number of methoxy groups -OCH3 is 3. The lowest BCUT2D eigenvalue weighted by atomic mass is 9.90. The molecule has 0 saturated carbocycles. The average molecular weight is 374 g/mol. The summed E-state index contributed by atoms with van der Waals surface area (Å²) in [6, 6.07) is 9.30. The third-order valence-electron chi connectivity index (χ3n) is 5.05. The molecule has 1 aliphatic heterocycles.